The first-order valence-corrected chi connectivity index (χ1v) is 12.4. The van der Waals surface area contributed by atoms with E-state index in [-0.39, 0.29) is 19.4 Å². The van der Waals surface area contributed by atoms with E-state index in [1.54, 1.807) is 97.9 Å². The topological polar surface area (TPSA) is 129 Å². The van der Waals surface area contributed by atoms with E-state index < -0.39 is 36.3 Å². The second-order valence-electron chi connectivity index (χ2n) is 8.41. The van der Waals surface area contributed by atoms with E-state index in [0.29, 0.717) is 23.7 Å². The van der Waals surface area contributed by atoms with Crippen LogP contribution in [0.3, 0.4) is 0 Å². The number of ether oxygens (including phenoxy) is 4. The van der Waals surface area contributed by atoms with Crippen molar-refractivity contribution in [3.63, 3.8) is 0 Å². The number of nitrogens with one attached hydrogen (secondary N) is 2. The second kappa shape index (κ2) is 15.4. The quantitative estimate of drug-likeness (QED) is 0.195. The Morgan fingerprint density at radius 1 is 0.692 bits per heavy atom. The Hall–Kier alpha value is -4.86. The molecule has 0 bridgehead atoms. The van der Waals surface area contributed by atoms with Gasteiger partial charge in [0.25, 0.3) is 0 Å². The van der Waals surface area contributed by atoms with Crippen LogP contribution in [0.5, 0.6) is 17.2 Å². The summed E-state index contributed by atoms with van der Waals surface area (Å²) < 4.78 is 21.0. The maximum atomic E-state index is 12.9. The Labute approximate surface area is 226 Å². The molecule has 0 spiro atoms. The number of benzene rings is 3. The number of amides is 2. The molecule has 2 atom stereocenters. The molecule has 204 valence electrons. The van der Waals surface area contributed by atoms with Gasteiger partial charge in [0.05, 0.1) is 6.42 Å². The molecule has 0 aliphatic heterocycles. The Balaban J connectivity index is 1.51. The standard InChI is InChI=1S/C29H30N2O8/c1-21(20-26(32)37-22-12-5-2-6-13-22)36-27(33)25(31-29(35)39-24-16-9-4-10-17-24)18-11-19-30-28(34)38-23-14-7-3-8-15-23/h2-10,12-17,21,25H,11,18-20H2,1H3,(H,30,34)(H,31,35). The Kier molecular flexibility index (Phi) is 11.3. The highest BCUT2D eigenvalue weighted by Crippen LogP contribution is 2.13. The van der Waals surface area contributed by atoms with Crippen molar-refractivity contribution < 1.29 is 38.1 Å². The zero-order valence-corrected chi connectivity index (χ0v) is 21.4. The second-order valence-corrected chi connectivity index (χ2v) is 8.41. The lowest BCUT2D eigenvalue weighted by Gasteiger charge is -2.20. The van der Waals surface area contributed by atoms with Crippen molar-refractivity contribution in [3.8, 4) is 17.2 Å². The van der Waals surface area contributed by atoms with Gasteiger partial charge in [-0.05, 0) is 56.2 Å². The first-order valence-electron chi connectivity index (χ1n) is 12.4. The number of carbonyl (C=O) groups is 4. The van der Waals surface area contributed by atoms with Crippen LogP contribution in [0.15, 0.2) is 91.0 Å². The SMILES string of the molecule is CC(CC(=O)Oc1ccccc1)OC(=O)C(CCCNC(=O)Oc1ccccc1)NC(=O)Oc1ccccc1. The van der Waals surface area contributed by atoms with Crippen LogP contribution in [0.25, 0.3) is 0 Å². The van der Waals surface area contributed by atoms with E-state index >= 15 is 0 Å². The lowest BCUT2D eigenvalue weighted by Crippen LogP contribution is -2.44. The van der Waals surface area contributed by atoms with Crippen LogP contribution in [0.4, 0.5) is 9.59 Å². The number of rotatable bonds is 12. The van der Waals surface area contributed by atoms with Gasteiger partial charge < -0.3 is 29.6 Å². The third-order valence-corrected chi connectivity index (χ3v) is 5.17. The van der Waals surface area contributed by atoms with Crippen LogP contribution in [-0.2, 0) is 14.3 Å². The summed E-state index contributed by atoms with van der Waals surface area (Å²) in [5, 5.41) is 5.09. The molecule has 0 aromatic heterocycles. The monoisotopic (exact) mass is 534 g/mol. The van der Waals surface area contributed by atoms with E-state index in [1.165, 1.54) is 0 Å². The van der Waals surface area contributed by atoms with Crippen LogP contribution >= 0.6 is 0 Å². The molecule has 0 saturated carbocycles. The fraction of sp³-hybridized carbons (Fsp3) is 0.241. The summed E-state index contributed by atoms with van der Waals surface area (Å²) in [5.74, 6) is -0.268. The molecule has 2 N–H and O–H groups in total. The van der Waals surface area contributed by atoms with E-state index in [0.717, 1.165) is 0 Å². The highest BCUT2D eigenvalue weighted by atomic mass is 16.6. The van der Waals surface area contributed by atoms with E-state index in [4.69, 9.17) is 18.9 Å². The average Bonchev–Trinajstić information content (AvgIpc) is 2.91. The van der Waals surface area contributed by atoms with Crippen molar-refractivity contribution in [1.29, 1.82) is 0 Å². The van der Waals surface area contributed by atoms with Gasteiger partial charge in [-0.2, -0.15) is 0 Å². The van der Waals surface area contributed by atoms with E-state index in [2.05, 4.69) is 10.6 Å². The van der Waals surface area contributed by atoms with Crippen molar-refractivity contribution in [1.82, 2.24) is 10.6 Å². The van der Waals surface area contributed by atoms with Crippen LogP contribution in [0.2, 0.25) is 0 Å². The molecule has 0 saturated heterocycles. The lowest BCUT2D eigenvalue weighted by atomic mass is 10.1. The number of carbonyl (C=O) groups excluding carboxylic acids is 4. The summed E-state index contributed by atoms with van der Waals surface area (Å²) in [6, 6.07) is 24.3. The highest BCUT2D eigenvalue weighted by Gasteiger charge is 2.26. The number of esters is 2. The van der Waals surface area contributed by atoms with Gasteiger partial charge in [-0.3, -0.25) is 4.79 Å². The fourth-order valence-electron chi connectivity index (χ4n) is 3.36. The molecule has 3 rings (SSSR count). The van der Waals surface area contributed by atoms with Gasteiger partial charge in [0, 0.05) is 6.54 Å². The molecule has 2 amide bonds. The van der Waals surface area contributed by atoms with Gasteiger partial charge in [-0.25, -0.2) is 14.4 Å². The highest BCUT2D eigenvalue weighted by molar-refractivity contribution is 5.82. The van der Waals surface area contributed by atoms with Crippen molar-refractivity contribution in [2.75, 3.05) is 6.54 Å². The molecule has 0 aliphatic carbocycles. The zero-order chi connectivity index (χ0) is 27.9. The molecule has 3 aromatic carbocycles. The van der Waals surface area contributed by atoms with Crippen molar-refractivity contribution >= 4 is 24.1 Å². The first-order chi connectivity index (χ1) is 18.9. The molecule has 2 unspecified atom stereocenters. The molecule has 0 heterocycles. The van der Waals surface area contributed by atoms with Crippen LogP contribution in [-0.4, -0.2) is 42.8 Å². The Morgan fingerprint density at radius 2 is 1.18 bits per heavy atom. The maximum absolute atomic E-state index is 12.9. The predicted octanol–water partition coefficient (Wildman–Crippen LogP) is 4.64. The molecule has 0 fully saturated rings. The summed E-state index contributed by atoms with van der Waals surface area (Å²) >= 11 is 0. The van der Waals surface area contributed by atoms with Crippen molar-refractivity contribution in [2.24, 2.45) is 0 Å². The molecule has 10 heteroatoms. The first kappa shape index (κ1) is 28.7. The number of hydrogen-bond donors (Lipinski definition) is 2. The fourth-order valence-corrected chi connectivity index (χ4v) is 3.36. The number of hydrogen-bond acceptors (Lipinski definition) is 8. The van der Waals surface area contributed by atoms with Gasteiger partial charge in [0.1, 0.15) is 29.4 Å². The predicted molar refractivity (Wildman–Crippen MR) is 141 cm³/mol. The van der Waals surface area contributed by atoms with Gasteiger partial charge in [0.2, 0.25) is 0 Å². The third kappa shape index (κ3) is 11.0. The van der Waals surface area contributed by atoms with E-state index in [1.807, 2.05) is 0 Å². The van der Waals surface area contributed by atoms with Gasteiger partial charge in [-0.1, -0.05) is 54.6 Å². The minimum atomic E-state index is -1.10. The minimum Gasteiger partial charge on any atom is -0.461 e. The average molecular weight is 535 g/mol. The molecule has 3 aromatic rings. The van der Waals surface area contributed by atoms with Crippen LogP contribution < -0.4 is 24.8 Å². The number of para-hydroxylation sites is 3. The van der Waals surface area contributed by atoms with Gasteiger partial charge >= 0.3 is 24.1 Å². The zero-order valence-electron chi connectivity index (χ0n) is 21.4. The molecule has 0 radical (unpaired) electrons. The van der Waals surface area contributed by atoms with E-state index in [9.17, 15) is 19.2 Å². The molecule has 10 nitrogen and oxygen atoms in total. The van der Waals surface area contributed by atoms with Crippen molar-refractivity contribution in [3.05, 3.63) is 91.0 Å². The van der Waals surface area contributed by atoms with Gasteiger partial charge in [0.15, 0.2) is 0 Å². The maximum Gasteiger partial charge on any atom is 0.413 e. The summed E-state index contributed by atoms with van der Waals surface area (Å²) in [5.41, 5.74) is 0. The molecular weight excluding hydrogens is 504 g/mol. The Morgan fingerprint density at radius 3 is 1.72 bits per heavy atom. The van der Waals surface area contributed by atoms with Crippen molar-refractivity contribution in [2.45, 2.75) is 38.3 Å². The molecule has 0 aliphatic rings. The summed E-state index contributed by atoms with van der Waals surface area (Å²) in [6.07, 6.45) is -2.08. The summed E-state index contributed by atoms with van der Waals surface area (Å²) in [6.45, 7) is 1.72. The minimum absolute atomic E-state index is 0.121. The Bertz CT molecular complexity index is 1210. The lowest BCUT2D eigenvalue weighted by molar-refractivity contribution is -0.153. The van der Waals surface area contributed by atoms with Gasteiger partial charge in [-0.15, -0.1) is 0 Å². The molecule has 39 heavy (non-hydrogen) atoms. The molecular formula is C29H30N2O8. The smallest absolute Gasteiger partial charge is 0.413 e. The third-order valence-electron chi connectivity index (χ3n) is 5.17. The largest absolute Gasteiger partial charge is 0.461 e. The summed E-state index contributed by atoms with van der Waals surface area (Å²) in [4.78, 5) is 49.5. The van der Waals surface area contributed by atoms with Crippen LogP contribution in [0.1, 0.15) is 26.2 Å². The van der Waals surface area contributed by atoms with Crippen LogP contribution in [0, 0.1) is 0 Å². The summed E-state index contributed by atoms with van der Waals surface area (Å²) in [7, 11) is 0. The normalized spacial score (nSPS) is 11.8.